The first kappa shape index (κ1) is 15.4. The molecule has 0 bridgehead atoms. The number of likely N-dealkylation sites (N-methyl/N-ethyl adjacent to an activating group) is 2. The normalized spacial score (nSPS) is 19.9. The van der Waals surface area contributed by atoms with Crippen molar-refractivity contribution in [2.75, 3.05) is 26.2 Å². The molecule has 0 radical (unpaired) electrons. The van der Waals surface area contributed by atoms with Gasteiger partial charge in [-0.25, -0.2) is 8.78 Å². The third-order valence-corrected chi connectivity index (χ3v) is 4.21. The van der Waals surface area contributed by atoms with Gasteiger partial charge in [0.25, 0.3) is 0 Å². The van der Waals surface area contributed by atoms with Crippen LogP contribution in [0.2, 0.25) is 0 Å². The molecule has 0 N–H and O–H groups in total. The van der Waals surface area contributed by atoms with E-state index >= 15 is 0 Å². The second-order valence-electron chi connectivity index (χ2n) is 5.50. The van der Waals surface area contributed by atoms with Gasteiger partial charge in [-0.3, -0.25) is 9.80 Å². The predicted molar refractivity (Wildman–Crippen MR) is 77.6 cm³/mol. The maximum Gasteiger partial charge on any atom is 0.159 e. The van der Waals surface area contributed by atoms with E-state index in [-0.39, 0.29) is 0 Å². The van der Waals surface area contributed by atoms with Crippen LogP contribution >= 0.6 is 0 Å². The van der Waals surface area contributed by atoms with E-state index in [0.29, 0.717) is 12.6 Å². The fraction of sp³-hybridized carbons (Fsp3) is 0.625. The van der Waals surface area contributed by atoms with E-state index in [0.717, 1.165) is 25.2 Å². The van der Waals surface area contributed by atoms with Gasteiger partial charge in [-0.2, -0.15) is 0 Å². The van der Waals surface area contributed by atoms with Gasteiger partial charge in [-0.1, -0.05) is 19.9 Å². The topological polar surface area (TPSA) is 6.48 Å². The summed E-state index contributed by atoms with van der Waals surface area (Å²) >= 11 is 0. The molecule has 1 aliphatic heterocycles. The van der Waals surface area contributed by atoms with Gasteiger partial charge in [-0.05, 0) is 50.2 Å². The van der Waals surface area contributed by atoms with Crippen LogP contribution in [0.1, 0.15) is 32.3 Å². The highest BCUT2D eigenvalue weighted by molar-refractivity contribution is 5.17. The molecule has 1 saturated heterocycles. The maximum atomic E-state index is 13.3. The molecule has 0 unspecified atom stereocenters. The predicted octanol–water partition coefficient (Wildman–Crippen LogP) is 3.27. The second kappa shape index (κ2) is 7.14. The lowest BCUT2D eigenvalue weighted by Gasteiger charge is -2.29. The van der Waals surface area contributed by atoms with E-state index in [1.54, 1.807) is 6.07 Å². The average Bonchev–Trinajstić information content (AvgIpc) is 2.89. The van der Waals surface area contributed by atoms with Gasteiger partial charge >= 0.3 is 0 Å². The van der Waals surface area contributed by atoms with Crippen molar-refractivity contribution in [2.24, 2.45) is 0 Å². The molecule has 2 rings (SSSR count). The van der Waals surface area contributed by atoms with Crippen molar-refractivity contribution >= 4 is 0 Å². The van der Waals surface area contributed by atoms with Gasteiger partial charge in [0.2, 0.25) is 0 Å². The number of likely N-dealkylation sites (tertiary alicyclic amines) is 1. The fourth-order valence-electron chi connectivity index (χ4n) is 3.02. The summed E-state index contributed by atoms with van der Waals surface area (Å²) in [7, 11) is 0. The Hall–Kier alpha value is -1.00. The summed E-state index contributed by atoms with van der Waals surface area (Å²) in [6.45, 7) is 9.20. The van der Waals surface area contributed by atoms with Crippen LogP contribution in [-0.2, 0) is 6.54 Å². The van der Waals surface area contributed by atoms with Crippen molar-refractivity contribution in [3.63, 3.8) is 0 Å². The Morgan fingerprint density at radius 1 is 1.25 bits per heavy atom. The van der Waals surface area contributed by atoms with Gasteiger partial charge in [0.1, 0.15) is 0 Å². The molecular weight excluding hydrogens is 258 g/mol. The fourth-order valence-corrected chi connectivity index (χ4v) is 3.02. The Kier molecular flexibility index (Phi) is 5.49. The lowest BCUT2D eigenvalue weighted by Crippen LogP contribution is -2.40. The Morgan fingerprint density at radius 2 is 2.05 bits per heavy atom. The molecule has 20 heavy (non-hydrogen) atoms. The molecule has 2 nitrogen and oxygen atoms in total. The van der Waals surface area contributed by atoms with Crippen LogP contribution in [0, 0.1) is 11.6 Å². The zero-order chi connectivity index (χ0) is 14.5. The minimum Gasteiger partial charge on any atom is -0.299 e. The molecule has 1 heterocycles. The van der Waals surface area contributed by atoms with Crippen molar-refractivity contribution in [2.45, 2.75) is 39.3 Å². The lowest BCUT2D eigenvalue weighted by molar-refractivity contribution is 0.177. The molecule has 1 aromatic rings. The van der Waals surface area contributed by atoms with Crippen molar-refractivity contribution in [3.8, 4) is 0 Å². The van der Waals surface area contributed by atoms with E-state index in [2.05, 4.69) is 23.6 Å². The zero-order valence-corrected chi connectivity index (χ0v) is 12.4. The SMILES string of the molecule is CCN(Cc1ccc(F)c(F)c1)C[C@H]1CCCN1CC. The van der Waals surface area contributed by atoms with E-state index in [1.807, 2.05) is 0 Å². The van der Waals surface area contributed by atoms with Gasteiger partial charge in [0, 0.05) is 19.1 Å². The minimum atomic E-state index is -0.773. The summed E-state index contributed by atoms with van der Waals surface area (Å²) < 4.78 is 26.2. The molecule has 1 fully saturated rings. The number of hydrogen-bond acceptors (Lipinski definition) is 2. The van der Waals surface area contributed by atoms with E-state index < -0.39 is 11.6 Å². The van der Waals surface area contributed by atoms with Crippen LogP contribution < -0.4 is 0 Å². The second-order valence-corrected chi connectivity index (χ2v) is 5.50. The first-order valence-electron chi connectivity index (χ1n) is 7.54. The van der Waals surface area contributed by atoms with Crippen LogP contribution in [0.3, 0.4) is 0 Å². The average molecular weight is 282 g/mol. The van der Waals surface area contributed by atoms with Gasteiger partial charge in [0.05, 0.1) is 0 Å². The number of rotatable bonds is 6. The summed E-state index contributed by atoms with van der Waals surface area (Å²) in [5, 5.41) is 0. The molecule has 1 aromatic carbocycles. The largest absolute Gasteiger partial charge is 0.299 e. The molecule has 0 aliphatic carbocycles. The third-order valence-electron chi connectivity index (χ3n) is 4.21. The molecule has 4 heteroatoms. The van der Waals surface area contributed by atoms with E-state index in [9.17, 15) is 8.78 Å². The standard InChI is InChI=1S/C16H24F2N2/c1-3-19(12-14-6-5-9-20(14)4-2)11-13-7-8-15(17)16(18)10-13/h7-8,10,14H,3-6,9,11-12H2,1-2H3/t14-/m1/s1. The highest BCUT2D eigenvalue weighted by atomic mass is 19.2. The number of halogens is 2. The summed E-state index contributed by atoms with van der Waals surface area (Å²) in [6.07, 6.45) is 2.50. The molecule has 112 valence electrons. The van der Waals surface area contributed by atoms with Crippen LogP contribution in [0.25, 0.3) is 0 Å². The summed E-state index contributed by atoms with van der Waals surface area (Å²) in [6, 6.07) is 4.80. The van der Waals surface area contributed by atoms with Crippen molar-refractivity contribution in [1.82, 2.24) is 9.80 Å². The number of nitrogens with zero attached hydrogens (tertiary/aromatic N) is 2. The van der Waals surface area contributed by atoms with Crippen molar-refractivity contribution in [3.05, 3.63) is 35.4 Å². The Bertz CT molecular complexity index is 436. The molecule has 0 saturated carbocycles. The molecule has 0 aromatic heterocycles. The zero-order valence-electron chi connectivity index (χ0n) is 12.4. The first-order chi connectivity index (χ1) is 9.63. The van der Waals surface area contributed by atoms with Crippen molar-refractivity contribution in [1.29, 1.82) is 0 Å². The Balaban J connectivity index is 1.96. The van der Waals surface area contributed by atoms with Gasteiger partial charge in [-0.15, -0.1) is 0 Å². The smallest absolute Gasteiger partial charge is 0.159 e. The molecule has 0 amide bonds. The monoisotopic (exact) mass is 282 g/mol. The van der Waals surface area contributed by atoms with Crippen LogP contribution in [0.15, 0.2) is 18.2 Å². The van der Waals surface area contributed by atoms with Gasteiger partial charge < -0.3 is 0 Å². The van der Waals surface area contributed by atoms with Crippen LogP contribution in [0.4, 0.5) is 8.78 Å². The Labute approximate surface area is 120 Å². The van der Waals surface area contributed by atoms with Crippen LogP contribution in [-0.4, -0.2) is 42.0 Å². The van der Waals surface area contributed by atoms with Gasteiger partial charge in [0.15, 0.2) is 11.6 Å². The highest BCUT2D eigenvalue weighted by Crippen LogP contribution is 2.19. The summed E-state index contributed by atoms with van der Waals surface area (Å²) in [5.74, 6) is -1.53. The quantitative estimate of drug-likeness (QED) is 0.790. The van der Waals surface area contributed by atoms with E-state index in [1.165, 1.54) is 31.5 Å². The number of benzene rings is 1. The summed E-state index contributed by atoms with van der Waals surface area (Å²) in [4.78, 5) is 4.82. The van der Waals surface area contributed by atoms with Crippen LogP contribution in [0.5, 0.6) is 0 Å². The minimum absolute atomic E-state index is 0.602. The molecular formula is C16H24F2N2. The molecule has 0 spiro atoms. The lowest BCUT2D eigenvalue weighted by atomic mass is 10.1. The summed E-state index contributed by atoms with van der Waals surface area (Å²) in [5.41, 5.74) is 0.840. The Morgan fingerprint density at radius 3 is 2.70 bits per heavy atom. The van der Waals surface area contributed by atoms with Crippen molar-refractivity contribution < 1.29 is 8.78 Å². The maximum absolute atomic E-state index is 13.3. The van der Waals surface area contributed by atoms with E-state index in [4.69, 9.17) is 0 Å². The molecule has 1 atom stereocenters. The first-order valence-corrected chi connectivity index (χ1v) is 7.54. The third kappa shape index (κ3) is 3.76. The number of hydrogen-bond donors (Lipinski definition) is 0. The molecule has 1 aliphatic rings. The highest BCUT2D eigenvalue weighted by Gasteiger charge is 2.24.